The molecule has 0 aliphatic heterocycles. The van der Waals surface area contributed by atoms with Gasteiger partial charge in [-0.25, -0.2) is 9.37 Å². The number of thiazole rings is 1. The van der Waals surface area contributed by atoms with E-state index >= 15 is 0 Å². The third-order valence-corrected chi connectivity index (χ3v) is 3.99. The third-order valence-electron chi connectivity index (χ3n) is 2.88. The molecule has 2 rings (SSSR count). The molecule has 1 heterocycles. The molecule has 5 heteroatoms. The van der Waals surface area contributed by atoms with E-state index in [9.17, 15) is 4.39 Å². The van der Waals surface area contributed by atoms with Crippen molar-refractivity contribution in [2.24, 2.45) is 0 Å². The lowest BCUT2D eigenvalue weighted by atomic mass is 10.0. The van der Waals surface area contributed by atoms with Crippen LogP contribution >= 0.6 is 22.9 Å². The van der Waals surface area contributed by atoms with Gasteiger partial charge in [-0.3, -0.25) is 0 Å². The van der Waals surface area contributed by atoms with Gasteiger partial charge in [0.15, 0.2) is 0 Å². The first-order valence-corrected chi connectivity index (χ1v) is 7.45. The van der Waals surface area contributed by atoms with Gasteiger partial charge in [0.05, 0.1) is 15.7 Å². The third kappa shape index (κ3) is 3.75. The van der Waals surface area contributed by atoms with Crippen LogP contribution in [0, 0.1) is 12.7 Å². The Morgan fingerprint density at radius 3 is 2.84 bits per heavy atom. The molecule has 0 saturated carbocycles. The van der Waals surface area contributed by atoms with E-state index in [1.165, 1.54) is 6.07 Å². The summed E-state index contributed by atoms with van der Waals surface area (Å²) in [5.41, 5.74) is 2.04. The van der Waals surface area contributed by atoms with Crippen molar-refractivity contribution in [3.05, 3.63) is 50.7 Å². The molecule has 0 aliphatic rings. The second-order valence-electron chi connectivity index (χ2n) is 4.35. The molecule has 0 spiro atoms. The smallest absolute Gasteiger partial charge is 0.141 e. The molecular formula is C14H16ClFN2S. The van der Waals surface area contributed by atoms with Gasteiger partial charge in [0.1, 0.15) is 5.82 Å². The lowest BCUT2D eigenvalue weighted by molar-refractivity contribution is 0.543. The Morgan fingerprint density at radius 2 is 2.26 bits per heavy atom. The van der Waals surface area contributed by atoms with E-state index < -0.39 is 0 Å². The topological polar surface area (TPSA) is 24.9 Å². The van der Waals surface area contributed by atoms with Gasteiger partial charge < -0.3 is 5.32 Å². The van der Waals surface area contributed by atoms with Crippen LogP contribution in [0.5, 0.6) is 0 Å². The number of likely N-dealkylation sites (N-methyl/N-ethyl adjacent to an activating group) is 1. The zero-order chi connectivity index (χ0) is 13.8. The van der Waals surface area contributed by atoms with Crippen LogP contribution in [-0.4, -0.2) is 11.5 Å². The molecule has 1 aromatic carbocycles. The van der Waals surface area contributed by atoms with Gasteiger partial charge in [0.2, 0.25) is 0 Å². The average Bonchev–Trinajstić information content (AvgIpc) is 2.78. The highest BCUT2D eigenvalue weighted by atomic mass is 35.5. The normalized spacial score (nSPS) is 12.6. The molecule has 0 aliphatic carbocycles. The second-order valence-corrected chi connectivity index (χ2v) is 5.82. The minimum absolute atomic E-state index is 0.101. The van der Waals surface area contributed by atoms with Crippen molar-refractivity contribution in [1.82, 2.24) is 10.3 Å². The Bertz CT molecular complexity index is 556. The van der Waals surface area contributed by atoms with Crippen LogP contribution in [0.1, 0.15) is 29.2 Å². The van der Waals surface area contributed by atoms with E-state index in [0.29, 0.717) is 0 Å². The zero-order valence-corrected chi connectivity index (χ0v) is 12.5. The van der Waals surface area contributed by atoms with Gasteiger partial charge >= 0.3 is 0 Å². The molecule has 0 amide bonds. The zero-order valence-electron chi connectivity index (χ0n) is 10.9. The van der Waals surface area contributed by atoms with E-state index in [1.807, 2.05) is 13.8 Å². The maximum absolute atomic E-state index is 13.2. The lowest BCUT2D eigenvalue weighted by Crippen LogP contribution is -2.23. The van der Waals surface area contributed by atoms with Crippen LogP contribution in [0.2, 0.25) is 5.02 Å². The van der Waals surface area contributed by atoms with E-state index in [1.54, 1.807) is 23.5 Å². The van der Waals surface area contributed by atoms with Gasteiger partial charge in [-0.2, -0.15) is 0 Å². The SMILES string of the molecule is CCNC(Cc1csc(C)n1)c1ccc(F)c(Cl)c1. The minimum atomic E-state index is -0.384. The first-order chi connectivity index (χ1) is 9.10. The van der Waals surface area contributed by atoms with Crippen molar-refractivity contribution in [3.63, 3.8) is 0 Å². The first kappa shape index (κ1) is 14.4. The summed E-state index contributed by atoms with van der Waals surface area (Å²) in [7, 11) is 0. The predicted molar refractivity (Wildman–Crippen MR) is 78.4 cm³/mol. The number of hydrogen-bond donors (Lipinski definition) is 1. The summed E-state index contributed by atoms with van der Waals surface area (Å²) >= 11 is 7.49. The Balaban J connectivity index is 2.21. The summed E-state index contributed by atoms with van der Waals surface area (Å²) in [6.07, 6.45) is 0.778. The summed E-state index contributed by atoms with van der Waals surface area (Å²) in [6.45, 7) is 4.87. The highest BCUT2D eigenvalue weighted by Crippen LogP contribution is 2.24. The highest BCUT2D eigenvalue weighted by Gasteiger charge is 2.14. The van der Waals surface area contributed by atoms with Gasteiger partial charge in [0.25, 0.3) is 0 Å². The molecule has 0 fully saturated rings. The molecule has 2 nitrogen and oxygen atoms in total. The van der Waals surface area contributed by atoms with E-state index in [2.05, 4.69) is 15.7 Å². The van der Waals surface area contributed by atoms with Crippen molar-refractivity contribution < 1.29 is 4.39 Å². The van der Waals surface area contributed by atoms with Crippen LogP contribution < -0.4 is 5.32 Å². The van der Waals surface area contributed by atoms with Crippen molar-refractivity contribution in [3.8, 4) is 0 Å². The molecule has 0 saturated heterocycles. The molecule has 19 heavy (non-hydrogen) atoms. The molecule has 0 radical (unpaired) electrons. The maximum Gasteiger partial charge on any atom is 0.141 e. The van der Waals surface area contributed by atoms with Crippen molar-refractivity contribution in [2.45, 2.75) is 26.3 Å². The van der Waals surface area contributed by atoms with Crippen LogP contribution in [0.4, 0.5) is 4.39 Å². The number of rotatable bonds is 5. The number of aryl methyl sites for hydroxylation is 1. The molecule has 1 unspecified atom stereocenters. The molecule has 102 valence electrons. The van der Waals surface area contributed by atoms with E-state index in [4.69, 9.17) is 11.6 Å². The summed E-state index contributed by atoms with van der Waals surface area (Å²) in [4.78, 5) is 4.47. The van der Waals surface area contributed by atoms with E-state index in [-0.39, 0.29) is 16.9 Å². The molecular weight excluding hydrogens is 283 g/mol. The summed E-state index contributed by atoms with van der Waals surface area (Å²) < 4.78 is 13.2. The molecule has 0 bridgehead atoms. The van der Waals surface area contributed by atoms with Crippen molar-refractivity contribution >= 4 is 22.9 Å². The molecule has 2 aromatic rings. The summed E-state index contributed by atoms with van der Waals surface area (Å²) in [5, 5.41) is 6.67. The van der Waals surface area contributed by atoms with Crippen LogP contribution in [-0.2, 0) is 6.42 Å². The average molecular weight is 299 g/mol. The van der Waals surface area contributed by atoms with Crippen molar-refractivity contribution in [2.75, 3.05) is 6.54 Å². The van der Waals surface area contributed by atoms with Crippen LogP contribution in [0.25, 0.3) is 0 Å². The molecule has 1 atom stereocenters. The highest BCUT2D eigenvalue weighted by molar-refractivity contribution is 7.09. The Hall–Kier alpha value is -0.970. The molecule has 1 aromatic heterocycles. The predicted octanol–water partition coefficient (Wildman–Crippen LogP) is 4.14. The summed E-state index contributed by atoms with van der Waals surface area (Å²) in [6, 6.07) is 4.97. The number of nitrogens with one attached hydrogen (secondary N) is 1. The van der Waals surface area contributed by atoms with Gasteiger partial charge in [-0.1, -0.05) is 24.6 Å². The quantitative estimate of drug-likeness (QED) is 0.897. The Labute approximate surface area is 121 Å². The number of aromatic nitrogens is 1. The lowest BCUT2D eigenvalue weighted by Gasteiger charge is -2.17. The monoisotopic (exact) mass is 298 g/mol. The summed E-state index contributed by atoms with van der Waals surface area (Å²) in [5.74, 6) is -0.384. The fourth-order valence-corrected chi connectivity index (χ4v) is 2.81. The second kappa shape index (κ2) is 6.46. The molecule has 1 N–H and O–H groups in total. The Kier molecular flexibility index (Phi) is 4.91. The number of nitrogens with zero attached hydrogens (tertiary/aromatic N) is 1. The van der Waals surface area contributed by atoms with Gasteiger partial charge in [-0.05, 0) is 31.2 Å². The fraction of sp³-hybridized carbons (Fsp3) is 0.357. The standard InChI is InChI=1S/C14H16ClFN2S/c1-3-17-14(7-11-8-19-9(2)18-11)10-4-5-13(16)12(15)6-10/h4-6,8,14,17H,3,7H2,1-2H3. The van der Waals surface area contributed by atoms with Gasteiger partial charge in [-0.15, -0.1) is 11.3 Å². The number of halogens is 2. The van der Waals surface area contributed by atoms with E-state index in [0.717, 1.165) is 29.2 Å². The van der Waals surface area contributed by atoms with Crippen LogP contribution in [0.15, 0.2) is 23.6 Å². The fourth-order valence-electron chi connectivity index (χ4n) is 1.99. The van der Waals surface area contributed by atoms with Crippen molar-refractivity contribution in [1.29, 1.82) is 0 Å². The largest absolute Gasteiger partial charge is 0.310 e. The van der Waals surface area contributed by atoms with Crippen LogP contribution in [0.3, 0.4) is 0 Å². The minimum Gasteiger partial charge on any atom is -0.310 e. The first-order valence-electron chi connectivity index (χ1n) is 6.19. The number of benzene rings is 1. The van der Waals surface area contributed by atoms with Gasteiger partial charge in [0, 0.05) is 17.8 Å². The maximum atomic E-state index is 13.2. The number of hydrogen-bond acceptors (Lipinski definition) is 3. The Morgan fingerprint density at radius 1 is 1.47 bits per heavy atom.